The van der Waals surface area contributed by atoms with Gasteiger partial charge in [0.25, 0.3) is 0 Å². The summed E-state index contributed by atoms with van der Waals surface area (Å²) >= 11 is 0. The Balaban J connectivity index is 1.94. The highest BCUT2D eigenvalue weighted by atomic mass is 32.2. The van der Waals surface area contributed by atoms with Crippen molar-refractivity contribution in [2.24, 2.45) is 5.92 Å². The molecule has 1 aromatic heterocycles. The van der Waals surface area contributed by atoms with Crippen molar-refractivity contribution in [1.29, 1.82) is 0 Å². The molecule has 20 heavy (non-hydrogen) atoms. The van der Waals surface area contributed by atoms with Gasteiger partial charge in [0, 0.05) is 49.2 Å². The van der Waals surface area contributed by atoms with Crippen LogP contribution in [0.3, 0.4) is 0 Å². The van der Waals surface area contributed by atoms with Crippen molar-refractivity contribution < 1.29 is 13.2 Å². The van der Waals surface area contributed by atoms with Crippen molar-refractivity contribution in [2.45, 2.75) is 24.3 Å². The van der Waals surface area contributed by atoms with Crippen LogP contribution in [0.2, 0.25) is 0 Å². The van der Waals surface area contributed by atoms with Crippen molar-refractivity contribution in [1.82, 2.24) is 4.57 Å². The lowest BCUT2D eigenvalue weighted by Gasteiger charge is -2.22. The summed E-state index contributed by atoms with van der Waals surface area (Å²) in [4.78, 5) is 0.366. The highest BCUT2D eigenvalue weighted by molar-refractivity contribution is 7.90. The summed E-state index contributed by atoms with van der Waals surface area (Å²) in [5.41, 5.74) is 0.944. The number of fused-ring (bicyclic) bond motifs is 1. The molecule has 0 atom stereocenters. The second-order valence-electron chi connectivity index (χ2n) is 5.43. The van der Waals surface area contributed by atoms with Crippen LogP contribution in [-0.4, -0.2) is 32.5 Å². The molecule has 1 fully saturated rings. The monoisotopic (exact) mass is 292 g/mol. The Labute approximate surface area is 119 Å². The zero-order valence-electron chi connectivity index (χ0n) is 11.5. The van der Waals surface area contributed by atoms with Crippen LogP contribution in [0.4, 0.5) is 0 Å². The van der Waals surface area contributed by atoms with Crippen LogP contribution < -0.4 is 0 Å². The number of hydrogen-bond donors (Lipinski definition) is 0. The summed E-state index contributed by atoms with van der Waals surface area (Å²) in [6.45, 7) is 2.54. The summed E-state index contributed by atoms with van der Waals surface area (Å²) in [6.07, 6.45) is 5.28. The number of benzene rings is 1. The van der Waals surface area contributed by atoms with Crippen molar-refractivity contribution in [2.75, 3.05) is 19.5 Å². The lowest BCUT2D eigenvalue weighted by Crippen LogP contribution is -2.20. The molecule has 0 saturated carbocycles. The SMILES string of the molecule is CS(=O)(=O)c1ccc2[c]cn(CC3CCOCC3)c2c1. The van der Waals surface area contributed by atoms with E-state index in [1.807, 2.05) is 12.3 Å². The lowest BCUT2D eigenvalue weighted by molar-refractivity contribution is 0.0616. The van der Waals surface area contributed by atoms with Gasteiger partial charge in [-0.2, -0.15) is 0 Å². The van der Waals surface area contributed by atoms with Crippen LogP contribution in [0.1, 0.15) is 12.8 Å². The van der Waals surface area contributed by atoms with E-state index in [9.17, 15) is 8.42 Å². The quantitative estimate of drug-likeness (QED) is 0.872. The lowest BCUT2D eigenvalue weighted by atomic mass is 10.0. The fourth-order valence-electron chi connectivity index (χ4n) is 2.68. The van der Waals surface area contributed by atoms with Crippen molar-refractivity contribution in [3.63, 3.8) is 0 Å². The first-order valence-electron chi connectivity index (χ1n) is 6.82. The molecule has 0 amide bonds. The largest absolute Gasteiger partial charge is 0.381 e. The van der Waals surface area contributed by atoms with Gasteiger partial charge in [0.1, 0.15) is 0 Å². The van der Waals surface area contributed by atoms with Crippen LogP contribution in [0.25, 0.3) is 10.9 Å². The highest BCUT2D eigenvalue weighted by Gasteiger charge is 2.16. The van der Waals surface area contributed by atoms with Gasteiger partial charge >= 0.3 is 0 Å². The van der Waals surface area contributed by atoms with Crippen LogP contribution in [-0.2, 0) is 21.1 Å². The molecule has 0 unspecified atom stereocenters. The van der Waals surface area contributed by atoms with Gasteiger partial charge in [-0.05, 0) is 30.9 Å². The first kappa shape index (κ1) is 13.6. The first-order chi connectivity index (χ1) is 9.54. The fraction of sp³-hybridized carbons (Fsp3) is 0.467. The van der Waals surface area contributed by atoms with Crippen molar-refractivity contribution >= 4 is 20.7 Å². The molecule has 0 spiro atoms. The average Bonchev–Trinajstić information content (AvgIpc) is 2.82. The van der Waals surface area contributed by atoms with Gasteiger partial charge in [0.2, 0.25) is 0 Å². The molecular weight excluding hydrogens is 274 g/mol. The van der Waals surface area contributed by atoms with E-state index in [4.69, 9.17) is 4.74 Å². The van der Waals surface area contributed by atoms with Crippen LogP contribution in [0, 0.1) is 12.0 Å². The number of aromatic nitrogens is 1. The molecule has 4 nitrogen and oxygen atoms in total. The number of nitrogens with zero attached hydrogens (tertiary/aromatic N) is 1. The standard InChI is InChI=1S/C15H18NO3S/c1-20(17,18)14-3-2-13-4-7-16(15(13)10-14)11-12-5-8-19-9-6-12/h2-3,7,10,12H,5-6,8-9,11H2,1H3. The summed E-state index contributed by atoms with van der Waals surface area (Å²) in [7, 11) is -3.17. The Bertz CT molecular complexity index is 712. The normalized spacial score (nSPS) is 17.6. The zero-order valence-corrected chi connectivity index (χ0v) is 12.3. The zero-order chi connectivity index (χ0) is 14.2. The minimum atomic E-state index is -3.17. The van der Waals surface area contributed by atoms with E-state index in [1.165, 1.54) is 6.26 Å². The number of hydrogen-bond acceptors (Lipinski definition) is 3. The summed E-state index contributed by atoms with van der Waals surface area (Å²) in [5, 5.41) is 0.962. The third-order valence-electron chi connectivity index (χ3n) is 3.88. The topological polar surface area (TPSA) is 48.3 Å². The number of sulfone groups is 1. The predicted molar refractivity (Wildman–Crippen MR) is 77.4 cm³/mol. The molecule has 2 heterocycles. The van der Waals surface area contributed by atoms with Gasteiger partial charge in [-0.3, -0.25) is 0 Å². The molecule has 107 valence electrons. The first-order valence-corrected chi connectivity index (χ1v) is 8.71. The Kier molecular flexibility index (Phi) is 3.56. The third kappa shape index (κ3) is 2.74. The van der Waals surface area contributed by atoms with E-state index in [-0.39, 0.29) is 0 Å². The summed E-state index contributed by atoms with van der Waals surface area (Å²) in [6, 6.07) is 8.42. The minimum absolute atomic E-state index is 0.366. The van der Waals surface area contributed by atoms with Gasteiger partial charge in [0.15, 0.2) is 9.84 Å². The number of ether oxygens (including phenoxy) is 1. The van der Waals surface area contributed by atoms with E-state index in [0.29, 0.717) is 10.8 Å². The maximum Gasteiger partial charge on any atom is 0.175 e. The molecule has 2 aromatic rings. The van der Waals surface area contributed by atoms with E-state index in [1.54, 1.807) is 12.1 Å². The van der Waals surface area contributed by atoms with Crippen molar-refractivity contribution in [3.8, 4) is 0 Å². The highest BCUT2D eigenvalue weighted by Crippen LogP contribution is 2.23. The maximum atomic E-state index is 11.7. The molecule has 3 rings (SSSR count). The molecule has 0 N–H and O–H groups in total. The summed E-state index contributed by atoms with van der Waals surface area (Å²) < 4.78 is 30.8. The average molecular weight is 292 g/mol. The maximum absolute atomic E-state index is 11.7. The van der Waals surface area contributed by atoms with E-state index in [0.717, 1.165) is 43.5 Å². The summed E-state index contributed by atoms with van der Waals surface area (Å²) in [5.74, 6) is 0.592. The van der Waals surface area contributed by atoms with Gasteiger partial charge in [-0.1, -0.05) is 6.07 Å². The van der Waals surface area contributed by atoms with E-state index in [2.05, 4.69) is 10.6 Å². The fourth-order valence-corrected chi connectivity index (χ4v) is 3.32. The number of rotatable bonds is 3. The molecular formula is C15H18NO3S. The van der Waals surface area contributed by atoms with E-state index >= 15 is 0 Å². The van der Waals surface area contributed by atoms with Gasteiger partial charge in [-0.25, -0.2) is 8.42 Å². The second-order valence-corrected chi connectivity index (χ2v) is 7.45. The van der Waals surface area contributed by atoms with Gasteiger partial charge in [-0.15, -0.1) is 0 Å². The van der Waals surface area contributed by atoms with Gasteiger partial charge in [0.05, 0.1) is 4.90 Å². The minimum Gasteiger partial charge on any atom is -0.381 e. The smallest absolute Gasteiger partial charge is 0.175 e. The van der Waals surface area contributed by atoms with Crippen LogP contribution >= 0.6 is 0 Å². The Morgan fingerprint density at radius 1 is 1.35 bits per heavy atom. The second kappa shape index (κ2) is 5.22. The van der Waals surface area contributed by atoms with Crippen LogP contribution in [0.15, 0.2) is 29.3 Å². The Morgan fingerprint density at radius 2 is 2.10 bits per heavy atom. The Morgan fingerprint density at radius 3 is 2.80 bits per heavy atom. The molecule has 0 bridgehead atoms. The predicted octanol–water partition coefficient (Wildman–Crippen LogP) is 2.27. The molecule has 1 aromatic carbocycles. The third-order valence-corrected chi connectivity index (χ3v) is 4.99. The molecule has 5 heteroatoms. The van der Waals surface area contributed by atoms with Crippen molar-refractivity contribution in [3.05, 3.63) is 30.5 Å². The molecule has 1 aliphatic heterocycles. The molecule has 1 aliphatic rings. The van der Waals surface area contributed by atoms with E-state index < -0.39 is 9.84 Å². The molecule has 1 saturated heterocycles. The van der Waals surface area contributed by atoms with Gasteiger partial charge < -0.3 is 9.30 Å². The Hall–Kier alpha value is -1.33. The molecule has 1 radical (unpaired) electrons. The van der Waals surface area contributed by atoms with Crippen LogP contribution in [0.5, 0.6) is 0 Å². The molecule has 0 aliphatic carbocycles.